The monoisotopic (exact) mass is 593 g/mol. The van der Waals surface area contributed by atoms with Gasteiger partial charge in [-0.1, -0.05) is 77.1 Å². The lowest BCUT2D eigenvalue weighted by atomic mass is 9.88. The second-order valence-electron chi connectivity index (χ2n) is 9.37. The number of nitrogens with zero attached hydrogens (tertiary/aromatic N) is 3. The third-order valence-electron chi connectivity index (χ3n) is 6.68. The molecule has 0 atom stereocenters. The lowest BCUT2D eigenvalue weighted by Gasteiger charge is -2.22. The highest BCUT2D eigenvalue weighted by atomic mass is 79.9. The summed E-state index contributed by atoms with van der Waals surface area (Å²) >= 11 is 10.1. The van der Waals surface area contributed by atoms with Crippen LogP contribution < -0.4 is 15.0 Å². The van der Waals surface area contributed by atoms with Gasteiger partial charge in [-0.3, -0.25) is 4.79 Å². The molecule has 1 aliphatic rings. The molecule has 0 radical (unpaired) electrons. The summed E-state index contributed by atoms with van der Waals surface area (Å²) < 4.78 is 14.2. The van der Waals surface area contributed by atoms with Gasteiger partial charge in [0.1, 0.15) is 12.4 Å². The molecular weight excluding hydrogens is 566 g/mol. The lowest BCUT2D eigenvalue weighted by molar-refractivity contribution is 0.269. The third-order valence-corrected chi connectivity index (χ3v) is 7.46. The average molecular weight is 595 g/mol. The van der Waals surface area contributed by atoms with Gasteiger partial charge >= 0.3 is 0 Å². The van der Waals surface area contributed by atoms with Crippen molar-refractivity contribution in [2.75, 3.05) is 6.61 Å². The first-order valence-electron chi connectivity index (χ1n) is 12.9. The van der Waals surface area contributed by atoms with Gasteiger partial charge in [-0.15, -0.1) is 0 Å². The molecule has 8 heteroatoms. The van der Waals surface area contributed by atoms with Gasteiger partial charge in [-0.25, -0.2) is 4.98 Å². The van der Waals surface area contributed by atoms with Crippen LogP contribution in [0.1, 0.15) is 61.9 Å². The Kier molecular flexibility index (Phi) is 8.45. The van der Waals surface area contributed by atoms with Crippen LogP contribution in [-0.4, -0.2) is 22.5 Å². The van der Waals surface area contributed by atoms with Crippen molar-refractivity contribution in [3.8, 4) is 11.5 Å². The van der Waals surface area contributed by atoms with Gasteiger partial charge in [0.05, 0.1) is 28.7 Å². The fourth-order valence-electron chi connectivity index (χ4n) is 4.82. The van der Waals surface area contributed by atoms with E-state index in [2.05, 4.69) is 21.0 Å². The van der Waals surface area contributed by atoms with Crippen LogP contribution in [-0.2, 0) is 6.61 Å². The van der Waals surface area contributed by atoms with Crippen molar-refractivity contribution in [2.24, 2.45) is 5.10 Å². The summed E-state index contributed by atoms with van der Waals surface area (Å²) in [6, 6.07) is 19.1. The van der Waals surface area contributed by atoms with Crippen molar-refractivity contribution in [2.45, 2.75) is 51.6 Å². The lowest BCUT2D eigenvalue weighted by Crippen LogP contribution is -2.25. The highest BCUT2D eigenvalue weighted by Crippen LogP contribution is 2.37. The molecule has 6 nitrogen and oxygen atoms in total. The van der Waals surface area contributed by atoms with E-state index in [-0.39, 0.29) is 11.5 Å². The molecule has 1 saturated carbocycles. The zero-order valence-electron chi connectivity index (χ0n) is 21.2. The van der Waals surface area contributed by atoms with E-state index in [1.807, 2.05) is 55.5 Å². The van der Waals surface area contributed by atoms with Gasteiger partial charge in [0.15, 0.2) is 11.5 Å². The standard InChI is InChI=1S/C30H29BrClN3O3/c1-2-37-27-16-21(15-25(32)28(27)38-19-20-9-5-3-6-10-20)18-33-35-29(22-11-7-4-8-12-22)34-26-14-13-23(31)17-24(26)30(35)36/h3,5-6,9-10,13-18,22H,2,4,7-8,11-12,19H2,1H3. The van der Waals surface area contributed by atoms with Crippen LogP contribution in [0.25, 0.3) is 10.9 Å². The number of rotatable bonds is 8. The Morgan fingerprint density at radius 1 is 1.08 bits per heavy atom. The minimum atomic E-state index is -0.188. The van der Waals surface area contributed by atoms with Gasteiger partial charge < -0.3 is 9.47 Å². The summed E-state index contributed by atoms with van der Waals surface area (Å²) in [5, 5.41) is 5.58. The van der Waals surface area contributed by atoms with E-state index in [1.54, 1.807) is 18.3 Å². The van der Waals surface area contributed by atoms with Crippen molar-refractivity contribution >= 4 is 44.6 Å². The highest BCUT2D eigenvalue weighted by molar-refractivity contribution is 9.10. The molecular formula is C30H29BrClN3O3. The second-order valence-corrected chi connectivity index (χ2v) is 10.7. The number of hydrogen-bond acceptors (Lipinski definition) is 5. The predicted octanol–water partition coefficient (Wildman–Crippen LogP) is 7.72. The van der Waals surface area contributed by atoms with Crippen molar-refractivity contribution in [1.82, 2.24) is 9.66 Å². The number of fused-ring (bicyclic) bond motifs is 1. The molecule has 0 bridgehead atoms. The van der Waals surface area contributed by atoms with Crippen LogP contribution in [0, 0.1) is 0 Å². The zero-order valence-corrected chi connectivity index (χ0v) is 23.5. The molecule has 3 aromatic carbocycles. The van der Waals surface area contributed by atoms with Crippen LogP contribution in [0.4, 0.5) is 0 Å². The molecule has 5 rings (SSSR count). The molecule has 38 heavy (non-hydrogen) atoms. The Bertz CT molecular complexity index is 1520. The Morgan fingerprint density at radius 3 is 2.63 bits per heavy atom. The number of aromatic nitrogens is 2. The maximum Gasteiger partial charge on any atom is 0.282 e. The van der Waals surface area contributed by atoms with E-state index in [0.717, 1.165) is 35.7 Å². The highest BCUT2D eigenvalue weighted by Gasteiger charge is 2.22. The number of benzene rings is 3. The van der Waals surface area contributed by atoms with Gasteiger partial charge in [0.25, 0.3) is 5.56 Å². The molecule has 0 unspecified atom stereocenters. The molecule has 0 N–H and O–H groups in total. The van der Waals surface area contributed by atoms with Gasteiger partial charge in [-0.2, -0.15) is 9.78 Å². The predicted molar refractivity (Wildman–Crippen MR) is 156 cm³/mol. The van der Waals surface area contributed by atoms with E-state index in [0.29, 0.717) is 52.0 Å². The minimum absolute atomic E-state index is 0.188. The summed E-state index contributed by atoms with van der Waals surface area (Å²) in [5.41, 5.74) is 2.22. The van der Waals surface area contributed by atoms with Crippen molar-refractivity contribution in [1.29, 1.82) is 0 Å². The molecule has 0 amide bonds. The maximum atomic E-state index is 13.6. The molecule has 4 aromatic rings. The first-order chi connectivity index (χ1) is 18.5. The largest absolute Gasteiger partial charge is 0.490 e. The van der Waals surface area contributed by atoms with Crippen LogP contribution >= 0.6 is 27.5 Å². The Hall–Kier alpha value is -3.16. The van der Waals surface area contributed by atoms with Gasteiger partial charge in [-0.05, 0) is 61.2 Å². The van der Waals surface area contributed by atoms with Crippen LogP contribution in [0.3, 0.4) is 0 Å². The number of halogens is 2. The minimum Gasteiger partial charge on any atom is -0.490 e. The second kappa shape index (κ2) is 12.1. The Morgan fingerprint density at radius 2 is 1.87 bits per heavy atom. The summed E-state index contributed by atoms with van der Waals surface area (Å²) in [5.74, 6) is 1.90. The topological polar surface area (TPSA) is 65.7 Å². The van der Waals surface area contributed by atoms with Crippen molar-refractivity contribution in [3.05, 3.63) is 97.5 Å². The Labute approximate surface area is 235 Å². The smallest absolute Gasteiger partial charge is 0.282 e. The summed E-state index contributed by atoms with van der Waals surface area (Å²) in [6.45, 7) is 2.73. The Balaban J connectivity index is 1.52. The van der Waals surface area contributed by atoms with Crippen LogP contribution in [0.5, 0.6) is 11.5 Å². The van der Waals surface area contributed by atoms with Gasteiger partial charge in [0.2, 0.25) is 0 Å². The molecule has 1 aliphatic carbocycles. The van der Waals surface area contributed by atoms with Crippen molar-refractivity contribution in [3.63, 3.8) is 0 Å². The molecule has 196 valence electrons. The summed E-state index contributed by atoms with van der Waals surface area (Å²) in [7, 11) is 0. The SMILES string of the molecule is CCOc1cc(C=Nn2c(C3CCCCC3)nc3ccc(Br)cc3c2=O)cc(Cl)c1OCc1ccccc1. The first kappa shape index (κ1) is 26.4. The summed E-state index contributed by atoms with van der Waals surface area (Å²) in [4.78, 5) is 18.5. The van der Waals surface area contributed by atoms with Crippen LogP contribution in [0.2, 0.25) is 5.02 Å². The van der Waals surface area contributed by atoms with E-state index >= 15 is 0 Å². The van der Waals surface area contributed by atoms with Crippen LogP contribution in [0.15, 0.2) is 75.0 Å². The van der Waals surface area contributed by atoms with E-state index in [9.17, 15) is 4.79 Å². The van der Waals surface area contributed by atoms with Crippen molar-refractivity contribution < 1.29 is 9.47 Å². The average Bonchev–Trinajstić information content (AvgIpc) is 2.93. The fraction of sp³-hybridized carbons (Fsp3) is 0.300. The summed E-state index contributed by atoms with van der Waals surface area (Å²) in [6.07, 6.45) is 7.09. The number of hydrogen-bond donors (Lipinski definition) is 0. The quantitative estimate of drug-likeness (QED) is 0.196. The molecule has 1 aromatic heterocycles. The first-order valence-corrected chi connectivity index (χ1v) is 14.1. The fourth-order valence-corrected chi connectivity index (χ4v) is 5.46. The normalized spacial score (nSPS) is 14.3. The van der Waals surface area contributed by atoms with E-state index < -0.39 is 0 Å². The molecule has 0 aliphatic heterocycles. The molecule has 0 spiro atoms. The third kappa shape index (κ3) is 5.94. The van der Waals surface area contributed by atoms with E-state index in [4.69, 9.17) is 26.1 Å². The molecule has 1 fully saturated rings. The zero-order chi connectivity index (χ0) is 26.5. The molecule has 1 heterocycles. The van der Waals surface area contributed by atoms with E-state index in [1.165, 1.54) is 11.1 Å². The molecule has 0 saturated heterocycles. The number of ether oxygens (including phenoxy) is 2. The van der Waals surface area contributed by atoms with Gasteiger partial charge in [0, 0.05) is 10.4 Å². The maximum absolute atomic E-state index is 13.6.